The zero-order valence-corrected chi connectivity index (χ0v) is 10.6. The van der Waals surface area contributed by atoms with Crippen molar-refractivity contribution in [1.29, 1.82) is 0 Å². The van der Waals surface area contributed by atoms with E-state index in [1.807, 2.05) is 0 Å². The average Bonchev–Trinajstić information content (AvgIpc) is 2.14. The lowest BCUT2D eigenvalue weighted by atomic mass is 9.73. The molecule has 1 rings (SSSR count). The summed E-state index contributed by atoms with van der Waals surface area (Å²) < 4.78 is 6.19. The first-order chi connectivity index (χ1) is 6.49. The lowest BCUT2D eigenvalue weighted by Crippen LogP contribution is -2.46. The van der Waals surface area contributed by atoms with Crippen LogP contribution in [0.25, 0.3) is 0 Å². The molecule has 2 unspecified atom stereocenters. The smallest absolute Gasteiger partial charge is 0.0630 e. The maximum absolute atomic E-state index is 6.19. The SMILES string of the molecule is CCC1O[C@H](C(C)C)C(C)[C@@H](C)[C@H]1C. The molecule has 1 aliphatic heterocycles. The summed E-state index contributed by atoms with van der Waals surface area (Å²) in [5, 5.41) is 0. The average molecular weight is 198 g/mol. The second-order valence-corrected chi connectivity index (χ2v) is 5.37. The summed E-state index contributed by atoms with van der Waals surface area (Å²) in [6, 6.07) is 0. The molecule has 0 aliphatic carbocycles. The molecule has 0 spiro atoms. The van der Waals surface area contributed by atoms with Crippen LogP contribution in [0.3, 0.4) is 0 Å². The first kappa shape index (κ1) is 12.0. The van der Waals surface area contributed by atoms with Crippen LogP contribution in [0.2, 0.25) is 0 Å². The van der Waals surface area contributed by atoms with Gasteiger partial charge < -0.3 is 4.74 Å². The molecular formula is C13H26O. The number of ether oxygens (including phenoxy) is 1. The summed E-state index contributed by atoms with van der Waals surface area (Å²) in [6.07, 6.45) is 2.10. The summed E-state index contributed by atoms with van der Waals surface area (Å²) in [7, 11) is 0. The molecule has 1 fully saturated rings. The van der Waals surface area contributed by atoms with Gasteiger partial charge in [0.2, 0.25) is 0 Å². The van der Waals surface area contributed by atoms with Crippen molar-refractivity contribution >= 4 is 0 Å². The zero-order valence-electron chi connectivity index (χ0n) is 10.6. The van der Waals surface area contributed by atoms with E-state index in [-0.39, 0.29) is 0 Å². The van der Waals surface area contributed by atoms with Crippen molar-refractivity contribution in [2.24, 2.45) is 23.7 Å². The van der Waals surface area contributed by atoms with Crippen LogP contribution in [0.1, 0.15) is 48.0 Å². The maximum atomic E-state index is 6.19. The van der Waals surface area contributed by atoms with Crippen LogP contribution < -0.4 is 0 Å². The molecule has 1 saturated heterocycles. The summed E-state index contributed by atoms with van der Waals surface area (Å²) in [5.74, 6) is 2.85. The quantitative estimate of drug-likeness (QED) is 0.657. The van der Waals surface area contributed by atoms with Gasteiger partial charge in [-0.3, -0.25) is 0 Å². The molecule has 1 heterocycles. The van der Waals surface area contributed by atoms with Gasteiger partial charge in [-0.25, -0.2) is 0 Å². The fourth-order valence-corrected chi connectivity index (χ4v) is 2.80. The van der Waals surface area contributed by atoms with Gasteiger partial charge in [0.25, 0.3) is 0 Å². The Morgan fingerprint density at radius 2 is 1.57 bits per heavy atom. The molecule has 0 N–H and O–H groups in total. The maximum Gasteiger partial charge on any atom is 0.0630 e. The van der Waals surface area contributed by atoms with Gasteiger partial charge in [0.1, 0.15) is 0 Å². The second kappa shape index (κ2) is 4.65. The minimum absolute atomic E-state index is 0.464. The van der Waals surface area contributed by atoms with Crippen molar-refractivity contribution in [2.45, 2.75) is 60.2 Å². The summed E-state index contributed by atoms with van der Waals surface area (Å²) in [4.78, 5) is 0. The minimum atomic E-state index is 0.464. The van der Waals surface area contributed by atoms with Gasteiger partial charge in [-0.15, -0.1) is 0 Å². The molecular weight excluding hydrogens is 172 g/mol. The Morgan fingerprint density at radius 1 is 1.00 bits per heavy atom. The molecule has 14 heavy (non-hydrogen) atoms. The van der Waals surface area contributed by atoms with Crippen LogP contribution in [0.15, 0.2) is 0 Å². The van der Waals surface area contributed by atoms with E-state index in [1.165, 1.54) is 0 Å². The molecule has 0 aromatic heterocycles. The highest BCUT2D eigenvalue weighted by molar-refractivity contribution is 4.86. The van der Waals surface area contributed by atoms with Gasteiger partial charge in [0.05, 0.1) is 12.2 Å². The molecule has 5 atom stereocenters. The Hall–Kier alpha value is -0.0400. The van der Waals surface area contributed by atoms with E-state index in [1.54, 1.807) is 0 Å². The Balaban J connectivity index is 2.73. The zero-order chi connectivity index (χ0) is 10.9. The van der Waals surface area contributed by atoms with Crippen molar-refractivity contribution in [3.8, 4) is 0 Å². The molecule has 0 bridgehead atoms. The molecule has 84 valence electrons. The molecule has 0 amide bonds. The first-order valence-electron chi connectivity index (χ1n) is 6.14. The Morgan fingerprint density at radius 3 is 2.00 bits per heavy atom. The third-order valence-corrected chi connectivity index (χ3v) is 4.15. The lowest BCUT2D eigenvalue weighted by Gasteiger charge is -2.45. The van der Waals surface area contributed by atoms with Crippen LogP contribution >= 0.6 is 0 Å². The Bertz CT molecular complexity index is 174. The number of hydrogen-bond donors (Lipinski definition) is 0. The van der Waals surface area contributed by atoms with Crippen molar-refractivity contribution in [1.82, 2.24) is 0 Å². The largest absolute Gasteiger partial charge is 0.374 e. The van der Waals surface area contributed by atoms with E-state index in [4.69, 9.17) is 4.74 Å². The standard InChI is InChI=1S/C13H26O/c1-7-12-10(5)9(4)11(6)13(14-12)8(2)3/h8-13H,7H2,1-6H3/t9-,10+,11?,12?,13+/m0/s1. The van der Waals surface area contributed by atoms with Gasteiger partial charge in [0, 0.05) is 0 Å². The summed E-state index contributed by atoms with van der Waals surface area (Å²) in [5.41, 5.74) is 0. The molecule has 1 heteroatoms. The van der Waals surface area contributed by atoms with E-state index < -0.39 is 0 Å². The van der Waals surface area contributed by atoms with Crippen molar-refractivity contribution in [2.75, 3.05) is 0 Å². The fourth-order valence-electron chi connectivity index (χ4n) is 2.80. The van der Waals surface area contributed by atoms with Gasteiger partial charge in [-0.2, -0.15) is 0 Å². The Labute approximate surface area is 89.2 Å². The molecule has 1 aliphatic rings. The fraction of sp³-hybridized carbons (Fsp3) is 1.00. The van der Waals surface area contributed by atoms with Crippen LogP contribution in [0.4, 0.5) is 0 Å². The van der Waals surface area contributed by atoms with Crippen LogP contribution in [-0.4, -0.2) is 12.2 Å². The summed E-state index contributed by atoms with van der Waals surface area (Å²) in [6.45, 7) is 13.9. The topological polar surface area (TPSA) is 9.23 Å². The molecule has 1 nitrogen and oxygen atoms in total. The Kier molecular flexibility index (Phi) is 4.00. The van der Waals surface area contributed by atoms with Crippen LogP contribution in [-0.2, 0) is 4.74 Å². The second-order valence-electron chi connectivity index (χ2n) is 5.37. The lowest BCUT2D eigenvalue weighted by molar-refractivity contribution is -0.149. The highest BCUT2D eigenvalue weighted by Crippen LogP contribution is 2.38. The normalized spacial score (nSPS) is 44.4. The van der Waals surface area contributed by atoms with E-state index >= 15 is 0 Å². The van der Waals surface area contributed by atoms with Crippen LogP contribution in [0, 0.1) is 23.7 Å². The van der Waals surface area contributed by atoms with Crippen molar-refractivity contribution < 1.29 is 4.74 Å². The highest BCUT2D eigenvalue weighted by Gasteiger charge is 2.39. The van der Waals surface area contributed by atoms with E-state index in [0.717, 1.165) is 12.3 Å². The molecule has 0 radical (unpaired) electrons. The monoisotopic (exact) mass is 198 g/mol. The first-order valence-corrected chi connectivity index (χ1v) is 6.14. The number of rotatable bonds is 2. The van der Waals surface area contributed by atoms with Crippen molar-refractivity contribution in [3.05, 3.63) is 0 Å². The van der Waals surface area contributed by atoms with Gasteiger partial charge >= 0.3 is 0 Å². The predicted octanol–water partition coefficient (Wildman–Crippen LogP) is 3.73. The van der Waals surface area contributed by atoms with E-state index in [0.29, 0.717) is 30.0 Å². The van der Waals surface area contributed by atoms with Gasteiger partial charge in [-0.05, 0) is 30.1 Å². The number of hydrogen-bond acceptors (Lipinski definition) is 1. The third-order valence-electron chi connectivity index (χ3n) is 4.15. The third kappa shape index (κ3) is 2.13. The summed E-state index contributed by atoms with van der Waals surface area (Å²) >= 11 is 0. The van der Waals surface area contributed by atoms with E-state index in [9.17, 15) is 0 Å². The van der Waals surface area contributed by atoms with Crippen molar-refractivity contribution in [3.63, 3.8) is 0 Å². The molecule has 0 aromatic carbocycles. The molecule has 0 saturated carbocycles. The van der Waals surface area contributed by atoms with Gasteiger partial charge in [-0.1, -0.05) is 41.5 Å². The van der Waals surface area contributed by atoms with Gasteiger partial charge in [0.15, 0.2) is 0 Å². The predicted molar refractivity (Wildman–Crippen MR) is 61.3 cm³/mol. The molecule has 0 aromatic rings. The van der Waals surface area contributed by atoms with E-state index in [2.05, 4.69) is 41.5 Å². The van der Waals surface area contributed by atoms with Crippen LogP contribution in [0.5, 0.6) is 0 Å². The minimum Gasteiger partial charge on any atom is -0.374 e. The highest BCUT2D eigenvalue weighted by atomic mass is 16.5.